The second-order valence-corrected chi connectivity index (χ2v) is 31.6. The van der Waals surface area contributed by atoms with E-state index in [4.69, 9.17) is 47.3 Å². The van der Waals surface area contributed by atoms with Gasteiger partial charge in [-0.3, -0.25) is 9.59 Å². The van der Waals surface area contributed by atoms with Gasteiger partial charge in [0.1, 0.15) is 55.5 Å². The molecular formula is C105H127ClN10O9Pt. The van der Waals surface area contributed by atoms with Crippen LogP contribution in [0.5, 0.6) is 23.0 Å². The summed E-state index contributed by atoms with van der Waals surface area (Å²) in [6, 6.07) is 91.8. The number of carboxylic acids is 2. The Balaban J connectivity index is 0.000000335. The van der Waals surface area contributed by atoms with Crippen molar-refractivity contribution in [3.63, 3.8) is 0 Å². The quantitative estimate of drug-likeness (QED) is 0.0149. The summed E-state index contributed by atoms with van der Waals surface area (Å²) in [6.45, 7) is 29.1. The van der Waals surface area contributed by atoms with Gasteiger partial charge in [-0.2, -0.15) is 10.4 Å². The normalized spacial score (nSPS) is 12.3. The van der Waals surface area contributed by atoms with Crippen molar-refractivity contribution in [3.8, 4) is 29.1 Å². The molecule has 19 nitrogen and oxygen atoms in total. The molecular weight excluding hydrogens is 1780 g/mol. The number of rotatable bonds is 33. The number of methoxy groups -OCH3 is 1. The third-order valence-electron chi connectivity index (χ3n) is 20.8. The van der Waals surface area contributed by atoms with E-state index in [9.17, 15) is 20.0 Å². The van der Waals surface area contributed by atoms with E-state index in [1.807, 2.05) is 124 Å². The molecule has 7 N–H and O–H groups in total. The molecule has 0 spiro atoms. The number of aromatic nitrogens is 3. The summed E-state index contributed by atoms with van der Waals surface area (Å²) >= 11 is 6.21. The van der Waals surface area contributed by atoms with Crippen LogP contribution in [0.25, 0.3) is 50.6 Å². The maximum Gasteiger partial charge on any atom is 2.00 e. The zero-order valence-corrected chi connectivity index (χ0v) is 78.8. The summed E-state index contributed by atoms with van der Waals surface area (Å²) in [7, 11) is 13.9. The second-order valence-electron chi connectivity index (χ2n) is 31.3. The summed E-state index contributed by atoms with van der Waals surface area (Å²) in [5, 5.41) is 40.5. The molecule has 1 aliphatic rings. The molecule has 0 amide bonds. The number of nitrogens with zero attached hydrogens (tertiary/aromatic N) is 8. The molecule has 0 aliphatic heterocycles. The number of nitriles is 1. The molecule has 668 valence electrons. The smallest absolute Gasteiger partial charge is 0.693 e. The molecule has 1 aromatic heterocycles. The van der Waals surface area contributed by atoms with E-state index in [2.05, 4.69) is 258 Å². The molecule has 11 aromatic rings. The fraction of sp³-hybridized carbons (Fsp3) is 0.314. The molecule has 126 heavy (non-hydrogen) atoms. The molecule has 0 radical (unpaired) electrons. The fourth-order valence-corrected chi connectivity index (χ4v) is 14.0. The Labute approximate surface area is 768 Å². The predicted octanol–water partition coefficient (Wildman–Crippen LogP) is 24.1. The summed E-state index contributed by atoms with van der Waals surface area (Å²) in [6.07, 6.45) is 7.07. The van der Waals surface area contributed by atoms with Gasteiger partial charge in [-0.1, -0.05) is 228 Å². The molecule has 0 bridgehead atoms. The number of carbonyl (C=O) groups is 2. The topological polar surface area (TPSA) is 267 Å². The molecule has 1 fully saturated rings. The van der Waals surface area contributed by atoms with E-state index in [-0.39, 0.29) is 52.0 Å². The van der Waals surface area contributed by atoms with Crippen LogP contribution >= 0.6 is 11.6 Å². The number of halogens is 1. The van der Waals surface area contributed by atoms with Crippen molar-refractivity contribution < 1.29 is 64.9 Å². The maximum absolute atomic E-state index is 10.4. The van der Waals surface area contributed by atoms with Crippen LogP contribution in [-0.4, -0.2) is 151 Å². The number of hydrogen-bond donors (Lipinski definition) is 3. The van der Waals surface area contributed by atoms with Crippen LogP contribution in [0.3, 0.4) is 0 Å². The standard InChI is InChI=1S/C26H28ClNO.C26H29NO2.C26H29NO.C19H23N5O.C6H8O4.C2H6.2H2N.Pt/c1-28(2)19-20-29-24-15-13-23(14-16-24)26(22-11-7-4-8-12-22)25(17-18-27)21-9-5-3-6-10-21;1-4-25(20-8-6-5-7-9-20)26(21-10-14-23(28)15-11-21)22-12-16-24(17-13-22)29-19-18-27(2)3;1-4-25(21-11-7-5-8-12-21)26(22-13-9-6-10-14-22)23-15-17-24(18-16-23)28-20-19-27(2)3;1-18(2,11-20)17-8-15(19(3,4)21-5)7-14(16(17)10-25-6)9-24-13-22-12-23-24;7-4(8)6(5(9)10)2-1-3-6;1-2;;;/h3-16H,17-20H2,1-2H3;5-17,28H,4,18-19H2,1-3H3;5-18H,4,19-20H2,1-3H3;7-8,12-13H,9-10H2,1-4,6H3;1-3H2,(H,7,8)(H,9,10);1-2H3;2*1H2;/q;;;;;;2*-1;+2/b3*26-25-;;;;;;. The van der Waals surface area contributed by atoms with Crippen molar-refractivity contribution in [2.75, 3.05) is 94.7 Å². The van der Waals surface area contributed by atoms with E-state index < -0.39 is 28.3 Å². The number of likely N-dealkylation sites (N-methyl/N-ethyl adjacent to an activating group) is 3. The Morgan fingerprint density at radius 3 is 1.14 bits per heavy atom. The Kier molecular flexibility index (Phi) is 46.6. The van der Waals surface area contributed by atoms with Crippen molar-refractivity contribution in [3.05, 3.63) is 370 Å². The number of carboxylic acid groups (broad SMARTS) is 2. The van der Waals surface area contributed by atoms with Crippen LogP contribution in [0.4, 0.5) is 0 Å². The van der Waals surface area contributed by atoms with Gasteiger partial charge >= 0.3 is 33.0 Å². The number of allylic oxidation sites excluding steroid dienone is 3. The first-order valence-corrected chi connectivity index (χ1v) is 42.5. The first-order valence-electron chi connectivity index (χ1n) is 42.0. The van der Waals surface area contributed by atoms with Gasteiger partial charge in [0, 0.05) is 52.0 Å². The Morgan fingerprint density at radius 2 is 0.865 bits per heavy atom. The molecule has 0 saturated heterocycles. The van der Waals surface area contributed by atoms with E-state index in [0.29, 0.717) is 45.3 Å². The van der Waals surface area contributed by atoms with Gasteiger partial charge in [-0.05, 0) is 256 Å². The van der Waals surface area contributed by atoms with Gasteiger partial charge in [0.15, 0.2) is 5.41 Å². The SMILES string of the molecule is CC.CC/C(=C(\c1ccc(O)cc1)c1ccc(OCCN(C)C)cc1)c1ccccc1.CC/C(=C(\c1ccccc1)c1ccc(OCCN(C)C)cc1)c1ccccc1.CN(C)CCOc1ccc(/C(=C(/CCCl)c2ccccc2)c2ccccc2)cc1.O=C(O)C1(C(=O)O)CCC1.[C-]#[N+]C(C)(C)c1cc(Cn2cncn2)c(COC)c(C(C)(C)C#N)c1.[NH2-].[NH2-].[Pt+2]. The maximum atomic E-state index is 10.4. The number of hydrogen-bond acceptors (Lipinski definition) is 13. The van der Waals surface area contributed by atoms with Crippen molar-refractivity contribution >= 4 is 57.0 Å². The average molecular weight is 1900 g/mol. The third-order valence-corrected chi connectivity index (χ3v) is 21.0. The molecule has 12 rings (SSSR count). The number of alkyl halides is 1. The molecule has 21 heteroatoms. The number of aromatic hydroxyl groups is 1. The van der Waals surface area contributed by atoms with Crippen molar-refractivity contribution in [2.45, 2.75) is 118 Å². The van der Waals surface area contributed by atoms with Crippen molar-refractivity contribution in [2.24, 2.45) is 5.41 Å². The van der Waals surface area contributed by atoms with Gasteiger partial charge in [0.2, 0.25) is 0 Å². The van der Waals surface area contributed by atoms with Crippen molar-refractivity contribution in [1.82, 2.24) is 29.5 Å². The van der Waals surface area contributed by atoms with Gasteiger partial charge in [0.05, 0.1) is 24.6 Å². The molecule has 0 unspecified atom stereocenters. The third kappa shape index (κ3) is 31.8. The molecule has 1 heterocycles. The number of benzene rings is 10. The molecule has 10 aromatic carbocycles. The van der Waals surface area contributed by atoms with Crippen LogP contribution in [-0.2, 0) is 59.5 Å². The van der Waals surface area contributed by atoms with E-state index >= 15 is 0 Å². The fourth-order valence-electron chi connectivity index (χ4n) is 13.8. The summed E-state index contributed by atoms with van der Waals surface area (Å²) in [4.78, 5) is 34.8. The first kappa shape index (κ1) is 107. The monoisotopic (exact) mass is 1900 g/mol. The van der Waals surface area contributed by atoms with Gasteiger partial charge in [-0.25, -0.2) is 16.2 Å². The van der Waals surface area contributed by atoms with Crippen LogP contribution in [0.1, 0.15) is 166 Å². The molecule has 1 saturated carbocycles. The second kappa shape index (κ2) is 55.0. The summed E-state index contributed by atoms with van der Waals surface area (Å²) < 4.78 is 24.7. The minimum Gasteiger partial charge on any atom is -0.693 e. The predicted molar refractivity (Wildman–Crippen MR) is 513 cm³/mol. The van der Waals surface area contributed by atoms with Gasteiger partial charge < -0.3 is 66.1 Å². The zero-order valence-electron chi connectivity index (χ0n) is 75.8. The average Bonchev–Trinajstić information content (AvgIpc) is 0.945. The van der Waals surface area contributed by atoms with Crippen LogP contribution in [0.2, 0.25) is 0 Å². The van der Waals surface area contributed by atoms with E-state index in [1.54, 1.807) is 30.3 Å². The minimum atomic E-state index is -1.44. The van der Waals surface area contributed by atoms with Crippen LogP contribution in [0.15, 0.2) is 274 Å². The number of aliphatic carboxylic acids is 2. The van der Waals surface area contributed by atoms with Gasteiger partial charge in [-0.15, -0.1) is 11.6 Å². The van der Waals surface area contributed by atoms with Gasteiger partial charge in [0.25, 0.3) is 5.54 Å². The first-order chi connectivity index (χ1) is 59.3. The van der Waals surface area contributed by atoms with E-state index in [0.717, 1.165) is 89.5 Å². The summed E-state index contributed by atoms with van der Waals surface area (Å²) in [5.74, 6) is 1.12. The molecule has 1 aliphatic carbocycles. The Bertz CT molecular complexity index is 5180. The van der Waals surface area contributed by atoms with Crippen LogP contribution in [0, 0.1) is 23.3 Å². The van der Waals surface area contributed by atoms with Crippen LogP contribution < -0.4 is 14.2 Å². The minimum absolute atomic E-state index is 0. The Hall–Kier alpha value is -11.6. The largest absolute Gasteiger partial charge is 2.00 e. The number of nitrogens with two attached hydrogens (primary N) is 2. The van der Waals surface area contributed by atoms with E-state index in [1.165, 1.54) is 78.7 Å². The number of ether oxygens (including phenoxy) is 4. The number of phenolic OH excluding ortho intramolecular Hbond substituents is 1. The summed E-state index contributed by atoms with van der Waals surface area (Å²) in [5.41, 5.74) is 19.2. The zero-order chi connectivity index (χ0) is 89.3. The van der Waals surface area contributed by atoms with Crippen molar-refractivity contribution in [1.29, 1.82) is 5.26 Å². The Morgan fingerprint density at radius 1 is 0.532 bits per heavy atom. The number of phenols is 1. The molecule has 0 atom stereocenters.